The quantitative estimate of drug-likeness (QED) is 0.792. The largest absolute Gasteiger partial charge is 0.319 e. The minimum Gasteiger partial charge on any atom is -0.319 e. The topological polar surface area (TPSA) is 96.5 Å². The standard InChI is InChI=1S/C18H16N6O/c1-18(2,12-19)14-6-4-13(5-7-14)16(25)23-15-10-22-24(11-15)17-20-8-3-9-21-17/h3-11H,1-2H3,(H,23,25). The lowest BCUT2D eigenvalue weighted by molar-refractivity contribution is 0.102. The Balaban J connectivity index is 1.73. The average Bonchev–Trinajstić information content (AvgIpc) is 3.11. The molecule has 0 atom stereocenters. The number of nitrogens with zero attached hydrogens (tertiary/aromatic N) is 5. The van der Waals surface area contributed by atoms with Crippen LogP contribution in [0.1, 0.15) is 29.8 Å². The van der Waals surface area contributed by atoms with Crippen LogP contribution in [0.2, 0.25) is 0 Å². The SMILES string of the molecule is CC(C)(C#N)c1ccc(C(=O)Nc2cnn(-c3ncccn3)c2)cc1. The molecule has 3 aromatic rings. The van der Waals surface area contributed by atoms with Crippen LogP contribution in [0.25, 0.3) is 5.95 Å². The van der Waals surface area contributed by atoms with Gasteiger partial charge in [0.1, 0.15) is 0 Å². The van der Waals surface area contributed by atoms with Gasteiger partial charge in [0, 0.05) is 18.0 Å². The van der Waals surface area contributed by atoms with Crippen LogP contribution < -0.4 is 5.32 Å². The molecule has 2 heterocycles. The fourth-order valence-electron chi connectivity index (χ4n) is 2.21. The maximum absolute atomic E-state index is 12.3. The van der Waals surface area contributed by atoms with E-state index in [1.54, 1.807) is 48.9 Å². The molecule has 0 fully saturated rings. The second-order valence-electron chi connectivity index (χ2n) is 5.99. The first-order valence-corrected chi connectivity index (χ1v) is 7.65. The van der Waals surface area contributed by atoms with Crippen LogP contribution in [0.15, 0.2) is 55.1 Å². The molecule has 7 nitrogen and oxygen atoms in total. The number of benzene rings is 1. The monoisotopic (exact) mass is 332 g/mol. The summed E-state index contributed by atoms with van der Waals surface area (Å²) in [5.74, 6) is 0.168. The molecule has 0 aliphatic heterocycles. The Morgan fingerprint density at radius 1 is 1.20 bits per heavy atom. The first-order chi connectivity index (χ1) is 12.0. The highest BCUT2D eigenvalue weighted by Crippen LogP contribution is 2.22. The van der Waals surface area contributed by atoms with Gasteiger partial charge in [0.05, 0.1) is 29.6 Å². The predicted molar refractivity (Wildman–Crippen MR) is 92.2 cm³/mol. The van der Waals surface area contributed by atoms with Gasteiger partial charge in [-0.1, -0.05) is 12.1 Å². The van der Waals surface area contributed by atoms with Gasteiger partial charge in [0.2, 0.25) is 5.95 Å². The highest BCUT2D eigenvalue weighted by Gasteiger charge is 2.19. The van der Waals surface area contributed by atoms with Gasteiger partial charge in [0.25, 0.3) is 5.91 Å². The van der Waals surface area contributed by atoms with Crippen LogP contribution in [0.4, 0.5) is 5.69 Å². The number of hydrogen-bond donors (Lipinski definition) is 1. The van der Waals surface area contributed by atoms with E-state index in [2.05, 4.69) is 26.5 Å². The molecule has 1 amide bonds. The average molecular weight is 332 g/mol. The minimum atomic E-state index is -0.591. The van der Waals surface area contributed by atoms with Crippen molar-refractivity contribution in [2.24, 2.45) is 0 Å². The summed E-state index contributed by atoms with van der Waals surface area (Å²) in [5.41, 5.74) is 1.31. The van der Waals surface area contributed by atoms with E-state index in [4.69, 9.17) is 5.26 Å². The second-order valence-corrected chi connectivity index (χ2v) is 5.99. The highest BCUT2D eigenvalue weighted by atomic mass is 16.1. The van der Waals surface area contributed by atoms with Crippen molar-refractivity contribution in [1.82, 2.24) is 19.7 Å². The van der Waals surface area contributed by atoms with E-state index >= 15 is 0 Å². The van der Waals surface area contributed by atoms with Gasteiger partial charge in [-0.2, -0.15) is 10.4 Å². The summed E-state index contributed by atoms with van der Waals surface area (Å²) >= 11 is 0. The van der Waals surface area contributed by atoms with Crippen LogP contribution in [-0.2, 0) is 5.41 Å². The zero-order valence-electron chi connectivity index (χ0n) is 13.8. The Morgan fingerprint density at radius 3 is 2.52 bits per heavy atom. The maximum Gasteiger partial charge on any atom is 0.255 e. The molecule has 0 aliphatic rings. The number of anilines is 1. The molecule has 0 unspecified atom stereocenters. The molecule has 0 bridgehead atoms. The molecule has 0 saturated carbocycles. The van der Waals surface area contributed by atoms with Crippen LogP contribution >= 0.6 is 0 Å². The molecule has 3 rings (SSSR count). The van der Waals surface area contributed by atoms with Crippen LogP contribution in [0, 0.1) is 11.3 Å². The molecule has 0 radical (unpaired) electrons. The predicted octanol–water partition coefficient (Wildman–Crippen LogP) is 2.72. The van der Waals surface area contributed by atoms with E-state index in [1.807, 2.05) is 13.8 Å². The lowest BCUT2D eigenvalue weighted by Crippen LogP contribution is -2.15. The third kappa shape index (κ3) is 3.53. The van der Waals surface area contributed by atoms with Crippen molar-refractivity contribution in [3.05, 3.63) is 66.2 Å². The molecule has 0 aliphatic carbocycles. The van der Waals surface area contributed by atoms with Crippen molar-refractivity contribution in [3.8, 4) is 12.0 Å². The summed E-state index contributed by atoms with van der Waals surface area (Å²) in [6.45, 7) is 3.67. The van der Waals surface area contributed by atoms with Crippen LogP contribution in [0.5, 0.6) is 0 Å². The molecule has 0 saturated heterocycles. The number of carbonyl (C=O) groups is 1. The van der Waals surface area contributed by atoms with E-state index < -0.39 is 5.41 Å². The van der Waals surface area contributed by atoms with E-state index in [9.17, 15) is 4.79 Å². The molecule has 1 aromatic carbocycles. The molecule has 124 valence electrons. The van der Waals surface area contributed by atoms with Gasteiger partial charge in [-0.15, -0.1) is 0 Å². The lowest BCUT2D eigenvalue weighted by Gasteiger charge is -2.15. The Kier molecular flexibility index (Phi) is 4.27. The number of aromatic nitrogens is 4. The number of rotatable bonds is 4. The minimum absolute atomic E-state index is 0.255. The van der Waals surface area contributed by atoms with Crippen molar-refractivity contribution in [2.45, 2.75) is 19.3 Å². The Bertz CT molecular complexity index is 922. The second kappa shape index (κ2) is 6.53. The van der Waals surface area contributed by atoms with Gasteiger partial charge >= 0.3 is 0 Å². The summed E-state index contributed by atoms with van der Waals surface area (Å²) in [5, 5.41) is 16.1. The summed E-state index contributed by atoms with van der Waals surface area (Å²) in [6, 6.07) is 10.9. The van der Waals surface area contributed by atoms with Crippen LogP contribution in [0.3, 0.4) is 0 Å². The highest BCUT2D eigenvalue weighted by molar-refractivity contribution is 6.04. The first kappa shape index (κ1) is 16.3. The number of nitriles is 1. The van der Waals surface area contributed by atoms with Gasteiger partial charge in [0.15, 0.2) is 0 Å². The molecule has 0 spiro atoms. The van der Waals surface area contributed by atoms with E-state index in [1.165, 1.54) is 10.9 Å². The van der Waals surface area contributed by atoms with Gasteiger partial charge < -0.3 is 5.32 Å². The Hall–Kier alpha value is -3.53. The number of amides is 1. The van der Waals surface area contributed by atoms with Crippen molar-refractivity contribution in [1.29, 1.82) is 5.26 Å². The lowest BCUT2D eigenvalue weighted by atomic mass is 9.86. The summed E-state index contributed by atoms with van der Waals surface area (Å²) in [7, 11) is 0. The summed E-state index contributed by atoms with van der Waals surface area (Å²) in [6.07, 6.45) is 6.40. The van der Waals surface area contributed by atoms with Crippen molar-refractivity contribution >= 4 is 11.6 Å². The number of hydrogen-bond acceptors (Lipinski definition) is 5. The third-order valence-electron chi connectivity index (χ3n) is 3.75. The molecular weight excluding hydrogens is 316 g/mol. The fourth-order valence-corrected chi connectivity index (χ4v) is 2.21. The van der Waals surface area contributed by atoms with Gasteiger partial charge in [-0.05, 0) is 37.6 Å². The normalized spacial score (nSPS) is 10.9. The van der Waals surface area contributed by atoms with Gasteiger partial charge in [-0.25, -0.2) is 14.6 Å². The first-order valence-electron chi connectivity index (χ1n) is 7.65. The van der Waals surface area contributed by atoms with Crippen LogP contribution in [-0.4, -0.2) is 25.7 Å². The number of carbonyl (C=O) groups excluding carboxylic acids is 1. The van der Waals surface area contributed by atoms with E-state index in [0.717, 1.165) is 5.56 Å². The molecule has 7 heteroatoms. The summed E-state index contributed by atoms with van der Waals surface area (Å²) in [4.78, 5) is 20.5. The van der Waals surface area contributed by atoms with Crippen molar-refractivity contribution < 1.29 is 4.79 Å². The number of nitrogens with one attached hydrogen (secondary N) is 1. The Morgan fingerprint density at radius 2 is 1.88 bits per heavy atom. The summed E-state index contributed by atoms with van der Waals surface area (Å²) < 4.78 is 1.48. The zero-order chi connectivity index (χ0) is 17.9. The molecule has 25 heavy (non-hydrogen) atoms. The third-order valence-corrected chi connectivity index (χ3v) is 3.75. The van der Waals surface area contributed by atoms with Crippen molar-refractivity contribution in [2.75, 3.05) is 5.32 Å². The van der Waals surface area contributed by atoms with E-state index in [0.29, 0.717) is 17.2 Å². The molecular formula is C18H16N6O. The fraction of sp³-hybridized carbons (Fsp3) is 0.167. The van der Waals surface area contributed by atoms with Gasteiger partial charge in [-0.3, -0.25) is 4.79 Å². The van der Waals surface area contributed by atoms with Crippen molar-refractivity contribution in [3.63, 3.8) is 0 Å². The Labute approximate surface area is 145 Å². The van der Waals surface area contributed by atoms with E-state index in [-0.39, 0.29) is 5.91 Å². The zero-order valence-corrected chi connectivity index (χ0v) is 13.8. The molecule has 1 N–H and O–H groups in total. The maximum atomic E-state index is 12.3. The molecule has 2 aromatic heterocycles. The smallest absolute Gasteiger partial charge is 0.255 e.